The SMILES string of the molecule is O=C(CSCC(=O)OCC(=O)N(c1ccccc1)[C@@H]1CCS(=O)(=O)C1)Nc1ccccc1F. The topological polar surface area (TPSA) is 110 Å². The Hall–Kier alpha value is -2.92. The zero-order valence-corrected chi connectivity index (χ0v) is 19.2. The van der Waals surface area contributed by atoms with Crippen LogP contribution < -0.4 is 10.2 Å². The highest BCUT2D eigenvalue weighted by Gasteiger charge is 2.35. The summed E-state index contributed by atoms with van der Waals surface area (Å²) in [7, 11) is -3.23. The standard InChI is InChI=1S/C22H23FN2O6S2/c23-18-8-4-5-9-19(18)24-20(26)13-32-14-22(28)31-12-21(27)25(16-6-2-1-3-7-16)17-10-11-33(29,30)15-17/h1-9,17H,10-15H2,(H,24,26)/t17-/m1/s1. The van der Waals surface area contributed by atoms with Crippen molar-refractivity contribution in [2.24, 2.45) is 0 Å². The Morgan fingerprint density at radius 3 is 2.42 bits per heavy atom. The molecule has 0 spiro atoms. The molecule has 8 nitrogen and oxygen atoms in total. The van der Waals surface area contributed by atoms with E-state index in [9.17, 15) is 27.2 Å². The molecule has 0 aromatic heterocycles. The summed E-state index contributed by atoms with van der Waals surface area (Å²) in [5.41, 5.74) is 0.575. The number of hydrogen-bond donors (Lipinski definition) is 1. The van der Waals surface area contributed by atoms with E-state index in [1.807, 2.05) is 0 Å². The number of amides is 2. The van der Waals surface area contributed by atoms with E-state index in [0.717, 1.165) is 11.8 Å². The summed E-state index contributed by atoms with van der Waals surface area (Å²) in [6.45, 7) is -0.549. The second-order valence-electron chi connectivity index (χ2n) is 7.34. The van der Waals surface area contributed by atoms with Crippen LogP contribution in [0.25, 0.3) is 0 Å². The number of nitrogens with one attached hydrogen (secondary N) is 1. The Morgan fingerprint density at radius 2 is 1.76 bits per heavy atom. The summed E-state index contributed by atoms with van der Waals surface area (Å²) in [5.74, 6) is -2.69. The van der Waals surface area contributed by atoms with E-state index in [-0.39, 0.29) is 28.7 Å². The van der Waals surface area contributed by atoms with Crippen molar-refractivity contribution in [1.82, 2.24) is 0 Å². The molecule has 176 valence electrons. The van der Waals surface area contributed by atoms with Crippen LogP contribution >= 0.6 is 11.8 Å². The Bertz CT molecular complexity index is 1110. The molecule has 33 heavy (non-hydrogen) atoms. The van der Waals surface area contributed by atoms with Crippen molar-refractivity contribution in [3.8, 4) is 0 Å². The lowest BCUT2D eigenvalue weighted by molar-refractivity contribution is -0.145. The molecule has 2 amide bonds. The van der Waals surface area contributed by atoms with Crippen molar-refractivity contribution >= 4 is 50.8 Å². The van der Waals surface area contributed by atoms with Gasteiger partial charge in [0.15, 0.2) is 16.4 Å². The van der Waals surface area contributed by atoms with E-state index in [1.54, 1.807) is 36.4 Å². The number of para-hydroxylation sites is 2. The lowest BCUT2D eigenvalue weighted by Crippen LogP contribution is -2.43. The smallest absolute Gasteiger partial charge is 0.316 e. The van der Waals surface area contributed by atoms with Gasteiger partial charge >= 0.3 is 5.97 Å². The molecule has 1 saturated heterocycles. The van der Waals surface area contributed by atoms with Gasteiger partial charge in [0.25, 0.3) is 5.91 Å². The number of carbonyl (C=O) groups excluding carboxylic acids is 3. The second kappa shape index (κ2) is 11.3. The van der Waals surface area contributed by atoms with Gasteiger partial charge in [0.1, 0.15) is 5.82 Å². The number of sulfone groups is 1. The maximum atomic E-state index is 13.6. The number of halogens is 1. The molecular weight excluding hydrogens is 471 g/mol. The van der Waals surface area contributed by atoms with E-state index in [0.29, 0.717) is 12.1 Å². The number of benzene rings is 2. The molecular formula is C22H23FN2O6S2. The summed E-state index contributed by atoms with van der Waals surface area (Å²) < 4.78 is 42.4. The summed E-state index contributed by atoms with van der Waals surface area (Å²) >= 11 is 0.963. The van der Waals surface area contributed by atoms with Gasteiger partial charge in [-0.3, -0.25) is 14.4 Å². The average molecular weight is 495 g/mol. The molecule has 2 aromatic rings. The molecule has 0 unspecified atom stereocenters. The van der Waals surface area contributed by atoms with Gasteiger partial charge < -0.3 is 15.0 Å². The zero-order valence-electron chi connectivity index (χ0n) is 17.6. The lowest BCUT2D eigenvalue weighted by Gasteiger charge is -2.28. The third-order valence-corrected chi connectivity index (χ3v) is 7.49. The molecule has 1 atom stereocenters. The molecule has 0 radical (unpaired) electrons. The molecule has 11 heteroatoms. The number of ether oxygens (including phenoxy) is 1. The van der Waals surface area contributed by atoms with Crippen molar-refractivity contribution in [2.75, 3.05) is 39.8 Å². The van der Waals surface area contributed by atoms with Crippen molar-refractivity contribution < 1.29 is 31.9 Å². The highest BCUT2D eigenvalue weighted by molar-refractivity contribution is 8.00. The first-order valence-corrected chi connectivity index (χ1v) is 13.1. The van der Waals surface area contributed by atoms with Gasteiger partial charge in [-0.1, -0.05) is 30.3 Å². The van der Waals surface area contributed by atoms with E-state index < -0.39 is 46.1 Å². The van der Waals surface area contributed by atoms with E-state index >= 15 is 0 Å². The number of rotatable bonds is 9. The minimum absolute atomic E-state index is 0.000344. The minimum atomic E-state index is -3.23. The number of anilines is 2. The van der Waals surface area contributed by atoms with Gasteiger partial charge in [0, 0.05) is 5.69 Å². The van der Waals surface area contributed by atoms with Crippen LogP contribution in [0.4, 0.5) is 15.8 Å². The van der Waals surface area contributed by atoms with E-state index in [4.69, 9.17) is 4.74 Å². The summed E-state index contributed by atoms with van der Waals surface area (Å²) in [6.07, 6.45) is 0.309. The molecule has 1 heterocycles. The number of hydrogen-bond acceptors (Lipinski definition) is 7. The predicted octanol–water partition coefficient (Wildman–Crippen LogP) is 2.26. The van der Waals surface area contributed by atoms with Crippen molar-refractivity contribution in [1.29, 1.82) is 0 Å². The van der Waals surface area contributed by atoms with Crippen molar-refractivity contribution in [2.45, 2.75) is 12.5 Å². The van der Waals surface area contributed by atoms with Gasteiger partial charge in [-0.2, -0.15) is 0 Å². The number of esters is 1. The third-order valence-electron chi connectivity index (χ3n) is 4.83. The van der Waals surface area contributed by atoms with Crippen LogP contribution in [0, 0.1) is 5.82 Å². The quantitative estimate of drug-likeness (QED) is 0.533. The zero-order chi connectivity index (χ0) is 23.8. The van der Waals surface area contributed by atoms with E-state index in [1.165, 1.54) is 23.1 Å². The lowest BCUT2D eigenvalue weighted by atomic mass is 10.2. The first-order chi connectivity index (χ1) is 15.7. The molecule has 1 aliphatic rings. The fraction of sp³-hybridized carbons (Fsp3) is 0.318. The summed E-state index contributed by atoms with van der Waals surface area (Å²) in [6, 6.07) is 13.8. The van der Waals surface area contributed by atoms with Crippen LogP contribution in [0.15, 0.2) is 54.6 Å². The van der Waals surface area contributed by atoms with Gasteiger partial charge in [0.2, 0.25) is 5.91 Å². The second-order valence-corrected chi connectivity index (χ2v) is 10.6. The average Bonchev–Trinajstić information content (AvgIpc) is 3.14. The van der Waals surface area contributed by atoms with Crippen LogP contribution in [0.2, 0.25) is 0 Å². The van der Waals surface area contributed by atoms with Crippen molar-refractivity contribution in [3.05, 3.63) is 60.4 Å². The normalized spacial score (nSPS) is 16.7. The monoisotopic (exact) mass is 494 g/mol. The Kier molecular flexibility index (Phi) is 8.45. The van der Waals surface area contributed by atoms with Crippen LogP contribution in [0.3, 0.4) is 0 Å². The molecule has 1 fully saturated rings. The number of thioether (sulfide) groups is 1. The third kappa shape index (κ3) is 7.29. The molecule has 1 N–H and O–H groups in total. The number of nitrogens with zero attached hydrogens (tertiary/aromatic N) is 1. The van der Waals surface area contributed by atoms with Gasteiger partial charge in [-0.15, -0.1) is 11.8 Å². The highest BCUT2D eigenvalue weighted by Crippen LogP contribution is 2.24. The Morgan fingerprint density at radius 1 is 1.06 bits per heavy atom. The molecule has 3 rings (SSSR count). The van der Waals surface area contributed by atoms with Gasteiger partial charge in [0.05, 0.1) is 34.7 Å². The molecule has 0 saturated carbocycles. The first kappa shape index (κ1) is 24.7. The van der Waals surface area contributed by atoms with Crippen molar-refractivity contribution in [3.63, 3.8) is 0 Å². The van der Waals surface area contributed by atoms with Gasteiger partial charge in [-0.05, 0) is 30.7 Å². The minimum Gasteiger partial charge on any atom is -0.455 e. The molecule has 0 bridgehead atoms. The maximum Gasteiger partial charge on any atom is 0.316 e. The van der Waals surface area contributed by atoms with Crippen LogP contribution in [-0.2, 0) is 29.0 Å². The summed E-state index contributed by atoms with van der Waals surface area (Å²) in [5, 5.41) is 2.41. The summed E-state index contributed by atoms with van der Waals surface area (Å²) in [4.78, 5) is 38.1. The Balaban J connectivity index is 1.48. The van der Waals surface area contributed by atoms with Crippen LogP contribution in [-0.4, -0.2) is 61.9 Å². The Labute approximate surface area is 195 Å². The largest absolute Gasteiger partial charge is 0.455 e. The highest BCUT2D eigenvalue weighted by atomic mass is 32.2. The maximum absolute atomic E-state index is 13.6. The van der Waals surface area contributed by atoms with Crippen LogP contribution in [0.1, 0.15) is 6.42 Å². The molecule has 1 aliphatic heterocycles. The number of carbonyl (C=O) groups is 3. The molecule has 2 aromatic carbocycles. The van der Waals surface area contributed by atoms with E-state index in [2.05, 4.69) is 5.32 Å². The fourth-order valence-corrected chi connectivity index (χ4v) is 5.66. The molecule has 0 aliphatic carbocycles. The predicted molar refractivity (Wildman–Crippen MR) is 124 cm³/mol. The van der Waals surface area contributed by atoms with Crippen LogP contribution in [0.5, 0.6) is 0 Å². The fourth-order valence-electron chi connectivity index (χ4n) is 3.36. The first-order valence-electron chi connectivity index (χ1n) is 10.1. The van der Waals surface area contributed by atoms with Gasteiger partial charge in [-0.25, -0.2) is 12.8 Å².